The lowest BCUT2D eigenvalue weighted by Crippen LogP contribution is -2.37. The summed E-state index contributed by atoms with van der Waals surface area (Å²) in [7, 11) is 0. The Labute approximate surface area is 215 Å². The minimum absolute atomic E-state index is 0.282. The minimum Gasteiger partial charge on any atom is -0.489 e. The maximum Gasteiger partial charge on any atom is 0.253 e. The first-order chi connectivity index (χ1) is 17.5. The molecule has 1 atom stereocenters. The molecule has 7 heteroatoms. The van der Waals surface area contributed by atoms with Crippen molar-refractivity contribution in [2.24, 2.45) is 5.73 Å². The van der Waals surface area contributed by atoms with Gasteiger partial charge in [0.2, 0.25) is 0 Å². The van der Waals surface area contributed by atoms with E-state index in [0.717, 1.165) is 11.1 Å². The molecule has 0 radical (unpaired) electrons. The maximum absolute atomic E-state index is 13.3. The van der Waals surface area contributed by atoms with Gasteiger partial charge in [0.25, 0.3) is 11.8 Å². The number of benzene rings is 4. The number of carbonyl (C=O) groups excluding carboxylic acids is 2. The first-order valence-corrected chi connectivity index (χ1v) is 11.8. The van der Waals surface area contributed by atoms with Crippen LogP contribution in [0.4, 0.5) is 5.69 Å². The average molecular weight is 500 g/mol. The van der Waals surface area contributed by atoms with E-state index in [4.69, 9.17) is 22.1 Å². The molecule has 4 N–H and O–H groups in total. The summed E-state index contributed by atoms with van der Waals surface area (Å²) in [5.74, 6) is -0.210. The van der Waals surface area contributed by atoms with Crippen LogP contribution in [0.1, 0.15) is 33.1 Å². The van der Waals surface area contributed by atoms with Crippen LogP contribution >= 0.6 is 11.6 Å². The Bertz CT molecular complexity index is 1330. The second kappa shape index (κ2) is 12.0. The first kappa shape index (κ1) is 25.0. The van der Waals surface area contributed by atoms with E-state index in [-0.39, 0.29) is 5.56 Å². The van der Waals surface area contributed by atoms with Gasteiger partial charge in [-0.25, -0.2) is 0 Å². The summed E-state index contributed by atoms with van der Waals surface area (Å²) in [6.07, 6.45) is 0. The molecule has 0 aliphatic heterocycles. The van der Waals surface area contributed by atoms with Gasteiger partial charge in [-0.05, 0) is 53.1 Å². The van der Waals surface area contributed by atoms with Crippen molar-refractivity contribution in [1.82, 2.24) is 5.32 Å². The molecule has 0 aromatic heterocycles. The zero-order chi connectivity index (χ0) is 25.3. The van der Waals surface area contributed by atoms with Crippen molar-refractivity contribution in [2.45, 2.75) is 19.2 Å². The van der Waals surface area contributed by atoms with E-state index in [1.54, 1.807) is 60.7 Å². The van der Waals surface area contributed by atoms with Crippen LogP contribution < -0.4 is 21.1 Å². The summed E-state index contributed by atoms with van der Waals surface area (Å²) < 4.78 is 5.86. The van der Waals surface area contributed by atoms with Gasteiger partial charge in [-0.15, -0.1) is 0 Å². The van der Waals surface area contributed by atoms with Crippen LogP contribution in [-0.4, -0.2) is 11.8 Å². The Hall–Kier alpha value is -4.13. The molecule has 0 saturated carbocycles. The third-order valence-corrected chi connectivity index (χ3v) is 5.88. The van der Waals surface area contributed by atoms with Crippen LogP contribution in [0.15, 0.2) is 103 Å². The predicted octanol–water partition coefficient (Wildman–Crippen LogP) is 5.49. The topological polar surface area (TPSA) is 93.5 Å². The molecule has 6 nitrogen and oxygen atoms in total. The van der Waals surface area contributed by atoms with Gasteiger partial charge in [0.15, 0.2) is 0 Å². The van der Waals surface area contributed by atoms with Gasteiger partial charge in [-0.3, -0.25) is 9.59 Å². The van der Waals surface area contributed by atoms with Gasteiger partial charge in [-0.1, -0.05) is 78.3 Å². The number of rotatable bonds is 9. The third-order valence-electron chi connectivity index (χ3n) is 5.55. The number of nitrogens with one attached hydrogen (secondary N) is 2. The van der Waals surface area contributed by atoms with E-state index < -0.39 is 17.9 Å². The summed E-state index contributed by atoms with van der Waals surface area (Å²) >= 11 is 6.21. The van der Waals surface area contributed by atoms with Crippen LogP contribution in [0.5, 0.6) is 5.75 Å². The molecule has 36 heavy (non-hydrogen) atoms. The normalized spacial score (nSPS) is 11.4. The molecule has 0 saturated heterocycles. The third kappa shape index (κ3) is 6.50. The van der Waals surface area contributed by atoms with Crippen molar-refractivity contribution >= 4 is 29.1 Å². The van der Waals surface area contributed by atoms with Crippen molar-refractivity contribution in [2.75, 3.05) is 5.32 Å². The SMILES string of the molecule is NCc1cccc(NC(=O)[C@H](NC(=O)c2ccccc2Cl)c2ccc(OCc3ccccc3)cc2)c1. The van der Waals surface area contributed by atoms with Crippen molar-refractivity contribution < 1.29 is 14.3 Å². The van der Waals surface area contributed by atoms with Gasteiger partial charge in [-0.2, -0.15) is 0 Å². The maximum atomic E-state index is 13.3. The number of amides is 2. The van der Waals surface area contributed by atoms with E-state index in [0.29, 0.717) is 35.2 Å². The van der Waals surface area contributed by atoms with Gasteiger partial charge in [0.05, 0.1) is 10.6 Å². The van der Waals surface area contributed by atoms with Gasteiger partial charge in [0, 0.05) is 12.2 Å². The highest BCUT2D eigenvalue weighted by molar-refractivity contribution is 6.33. The van der Waals surface area contributed by atoms with Gasteiger partial charge >= 0.3 is 0 Å². The van der Waals surface area contributed by atoms with E-state index in [2.05, 4.69) is 10.6 Å². The fourth-order valence-electron chi connectivity index (χ4n) is 3.64. The van der Waals surface area contributed by atoms with E-state index in [9.17, 15) is 9.59 Å². The molecule has 4 aromatic carbocycles. The molecule has 0 aliphatic rings. The van der Waals surface area contributed by atoms with Crippen molar-refractivity contribution in [3.63, 3.8) is 0 Å². The molecular formula is C29H26ClN3O3. The van der Waals surface area contributed by atoms with Crippen LogP contribution in [0.25, 0.3) is 0 Å². The molecule has 0 aliphatic carbocycles. The second-order valence-electron chi connectivity index (χ2n) is 8.12. The summed E-state index contributed by atoms with van der Waals surface area (Å²) in [4.78, 5) is 26.4. The first-order valence-electron chi connectivity index (χ1n) is 11.5. The molecule has 0 bridgehead atoms. The summed E-state index contributed by atoms with van der Waals surface area (Å²) in [5, 5.41) is 5.99. The number of hydrogen-bond acceptors (Lipinski definition) is 4. The number of ether oxygens (including phenoxy) is 1. The molecule has 0 heterocycles. The Kier molecular flexibility index (Phi) is 8.34. The van der Waals surface area contributed by atoms with Crippen LogP contribution in [0.3, 0.4) is 0 Å². The van der Waals surface area contributed by atoms with Crippen LogP contribution in [0.2, 0.25) is 5.02 Å². The summed E-state index contributed by atoms with van der Waals surface area (Å²) in [6.45, 7) is 0.769. The average Bonchev–Trinajstić information content (AvgIpc) is 2.91. The van der Waals surface area contributed by atoms with Gasteiger partial charge < -0.3 is 21.1 Å². The highest BCUT2D eigenvalue weighted by Crippen LogP contribution is 2.23. The zero-order valence-corrected chi connectivity index (χ0v) is 20.2. The molecule has 0 unspecified atom stereocenters. The van der Waals surface area contributed by atoms with Crippen molar-refractivity contribution in [3.8, 4) is 5.75 Å². The number of halogens is 1. The number of nitrogens with two attached hydrogens (primary N) is 1. The van der Waals surface area contributed by atoms with E-state index >= 15 is 0 Å². The molecule has 182 valence electrons. The smallest absolute Gasteiger partial charge is 0.253 e. The highest BCUT2D eigenvalue weighted by Gasteiger charge is 2.24. The Morgan fingerprint density at radius 2 is 1.53 bits per heavy atom. The fourth-order valence-corrected chi connectivity index (χ4v) is 3.86. The Morgan fingerprint density at radius 3 is 2.25 bits per heavy atom. The standard InChI is InChI=1S/C29H26ClN3O3/c30-26-12-5-4-11-25(26)28(34)33-27(29(35)32-23-10-6-9-21(17-23)18-31)22-13-15-24(16-14-22)36-19-20-7-2-1-3-8-20/h1-17,27H,18-19,31H2,(H,32,35)(H,33,34)/t27-/m1/s1. The molecule has 0 fully saturated rings. The van der Waals surface area contributed by atoms with Crippen LogP contribution in [-0.2, 0) is 17.9 Å². The van der Waals surface area contributed by atoms with E-state index in [1.165, 1.54) is 0 Å². The fraction of sp³-hybridized carbons (Fsp3) is 0.103. The lowest BCUT2D eigenvalue weighted by atomic mass is 10.0. The summed E-state index contributed by atoms with van der Waals surface area (Å²) in [5.41, 5.74) is 9.11. The number of anilines is 1. The largest absolute Gasteiger partial charge is 0.489 e. The minimum atomic E-state index is -0.974. The Morgan fingerprint density at radius 1 is 0.833 bits per heavy atom. The van der Waals surface area contributed by atoms with E-state index in [1.807, 2.05) is 42.5 Å². The van der Waals surface area contributed by atoms with Crippen LogP contribution in [0, 0.1) is 0 Å². The number of carbonyl (C=O) groups is 2. The predicted molar refractivity (Wildman–Crippen MR) is 142 cm³/mol. The lowest BCUT2D eigenvalue weighted by molar-refractivity contribution is -0.118. The monoisotopic (exact) mass is 499 g/mol. The quantitative estimate of drug-likeness (QED) is 0.284. The molecular weight excluding hydrogens is 474 g/mol. The molecule has 4 aromatic rings. The van der Waals surface area contributed by atoms with Gasteiger partial charge in [0.1, 0.15) is 18.4 Å². The van der Waals surface area contributed by atoms with Crippen molar-refractivity contribution in [1.29, 1.82) is 0 Å². The lowest BCUT2D eigenvalue weighted by Gasteiger charge is -2.20. The second-order valence-corrected chi connectivity index (χ2v) is 8.53. The molecule has 2 amide bonds. The number of hydrogen-bond donors (Lipinski definition) is 3. The highest BCUT2D eigenvalue weighted by atomic mass is 35.5. The zero-order valence-electron chi connectivity index (χ0n) is 19.5. The van der Waals surface area contributed by atoms with Crippen molar-refractivity contribution in [3.05, 3.63) is 130 Å². The molecule has 0 spiro atoms. The summed E-state index contributed by atoms with van der Waals surface area (Å²) in [6, 6.07) is 29.9. The molecule has 4 rings (SSSR count). The Balaban J connectivity index is 1.55.